The molecule has 0 aromatic carbocycles. The third-order valence-electron chi connectivity index (χ3n) is 2.64. The van der Waals surface area contributed by atoms with Crippen LogP contribution >= 0.6 is 22.9 Å². The maximum absolute atomic E-state index is 11.9. The smallest absolute Gasteiger partial charge is 0.341 e. The predicted octanol–water partition coefficient (Wildman–Crippen LogP) is 1.97. The summed E-state index contributed by atoms with van der Waals surface area (Å²) < 4.78 is 1.97. The summed E-state index contributed by atoms with van der Waals surface area (Å²) in [5.74, 6) is -1.29. The maximum atomic E-state index is 11.9. The molecule has 2 heterocycles. The molecule has 0 unspecified atom stereocenters. The van der Waals surface area contributed by atoms with Gasteiger partial charge in [-0.3, -0.25) is 4.79 Å². The second kappa shape index (κ2) is 4.72. The monoisotopic (exact) mass is 287 g/mol. The van der Waals surface area contributed by atoms with Crippen molar-refractivity contribution >= 4 is 39.1 Å². The van der Waals surface area contributed by atoms with Gasteiger partial charge in [0, 0.05) is 6.20 Å². The fraction of sp³-hybridized carbons (Fsp3) is 0.273. The fourth-order valence-electron chi connectivity index (χ4n) is 1.68. The summed E-state index contributed by atoms with van der Waals surface area (Å²) in [6, 6.07) is 1.12. The molecule has 2 N–H and O–H groups in total. The summed E-state index contributed by atoms with van der Waals surface area (Å²) in [5, 5.41) is 18.5. The normalized spacial score (nSPS) is 12.8. The van der Waals surface area contributed by atoms with E-state index in [1.54, 1.807) is 11.5 Å². The van der Waals surface area contributed by atoms with Gasteiger partial charge in [0.2, 0.25) is 5.43 Å². The molecule has 0 radical (unpaired) electrons. The highest BCUT2D eigenvalue weighted by atomic mass is 35.5. The Morgan fingerprint density at radius 2 is 2.28 bits per heavy atom. The molecule has 0 fully saturated rings. The van der Waals surface area contributed by atoms with Crippen LogP contribution in [0.15, 0.2) is 17.1 Å². The molecule has 0 aliphatic rings. The first-order valence-corrected chi connectivity index (χ1v) is 6.33. The zero-order valence-corrected chi connectivity index (χ0v) is 11.0. The molecule has 0 spiro atoms. The summed E-state index contributed by atoms with van der Waals surface area (Å²) >= 11 is 7.04. The number of carboxylic acid groups (broad SMARTS) is 1. The van der Waals surface area contributed by atoms with Crippen LogP contribution < -0.4 is 5.43 Å². The van der Waals surface area contributed by atoms with Crippen molar-refractivity contribution in [3.05, 3.63) is 32.4 Å². The van der Waals surface area contributed by atoms with Crippen molar-refractivity contribution < 1.29 is 15.0 Å². The van der Waals surface area contributed by atoms with Crippen LogP contribution in [0.25, 0.3) is 10.2 Å². The average molecular weight is 288 g/mol. The largest absolute Gasteiger partial charge is 0.477 e. The third-order valence-corrected chi connectivity index (χ3v) is 3.92. The molecule has 7 heteroatoms. The number of nitrogens with zero attached hydrogens (tertiary/aromatic N) is 1. The fourth-order valence-corrected chi connectivity index (χ4v) is 2.97. The average Bonchev–Trinajstić information content (AvgIpc) is 2.70. The van der Waals surface area contributed by atoms with E-state index >= 15 is 0 Å². The van der Waals surface area contributed by atoms with Gasteiger partial charge in [-0.05, 0) is 13.0 Å². The lowest BCUT2D eigenvalue weighted by Crippen LogP contribution is -2.20. The van der Waals surface area contributed by atoms with Crippen molar-refractivity contribution in [2.24, 2.45) is 0 Å². The predicted molar refractivity (Wildman–Crippen MR) is 69.9 cm³/mol. The van der Waals surface area contributed by atoms with Crippen LogP contribution in [0.2, 0.25) is 4.34 Å². The van der Waals surface area contributed by atoms with E-state index in [0.717, 1.165) is 0 Å². The lowest BCUT2D eigenvalue weighted by atomic mass is 10.2. The molecular formula is C11H10ClNO4S. The number of aliphatic hydroxyl groups excluding tert-OH is 1. The number of carboxylic acids is 1. The highest BCUT2D eigenvalue weighted by molar-refractivity contribution is 7.22. The zero-order chi connectivity index (χ0) is 13.4. The van der Waals surface area contributed by atoms with Gasteiger partial charge in [-0.25, -0.2) is 4.79 Å². The molecule has 0 amide bonds. The van der Waals surface area contributed by atoms with Gasteiger partial charge < -0.3 is 14.8 Å². The number of thiophene rings is 1. The number of hydrogen-bond acceptors (Lipinski definition) is 4. The number of aliphatic hydroxyl groups is 1. The van der Waals surface area contributed by atoms with Gasteiger partial charge in [-0.2, -0.15) is 0 Å². The van der Waals surface area contributed by atoms with E-state index < -0.39 is 11.4 Å². The molecule has 1 atom stereocenters. The van der Waals surface area contributed by atoms with Crippen molar-refractivity contribution in [1.29, 1.82) is 0 Å². The summed E-state index contributed by atoms with van der Waals surface area (Å²) in [7, 11) is 0. The standard InChI is InChI=1S/C11H10ClNO4S/c1-5(4-14)13-3-7(11(16)17)9(15)6-2-8(12)18-10(6)13/h2-3,5,14H,4H2,1H3,(H,16,17)/t5-/m0/s1. The van der Waals surface area contributed by atoms with Gasteiger partial charge in [-0.15, -0.1) is 11.3 Å². The van der Waals surface area contributed by atoms with Crippen LogP contribution in [-0.2, 0) is 0 Å². The first-order valence-electron chi connectivity index (χ1n) is 5.14. The van der Waals surface area contributed by atoms with Gasteiger partial charge in [-0.1, -0.05) is 11.6 Å². The Hall–Kier alpha value is -1.37. The first kappa shape index (κ1) is 13.1. The molecule has 0 saturated heterocycles. The van der Waals surface area contributed by atoms with Crippen molar-refractivity contribution in [3.63, 3.8) is 0 Å². The molecular weight excluding hydrogens is 278 g/mol. The highest BCUT2D eigenvalue weighted by Gasteiger charge is 2.18. The Kier molecular flexibility index (Phi) is 3.43. The molecule has 0 bridgehead atoms. The van der Waals surface area contributed by atoms with E-state index in [2.05, 4.69) is 0 Å². The van der Waals surface area contributed by atoms with E-state index in [1.165, 1.54) is 23.6 Å². The van der Waals surface area contributed by atoms with Crippen molar-refractivity contribution in [2.75, 3.05) is 6.61 Å². The third kappa shape index (κ3) is 2.03. The lowest BCUT2D eigenvalue weighted by Gasteiger charge is -2.15. The maximum Gasteiger partial charge on any atom is 0.341 e. The summed E-state index contributed by atoms with van der Waals surface area (Å²) in [5.41, 5.74) is -0.876. The number of pyridine rings is 1. The quantitative estimate of drug-likeness (QED) is 0.904. The topological polar surface area (TPSA) is 79.5 Å². The Balaban J connectivity index is 2.88. The van der Waals surface area contributed by atoms with Crippen molar-refractivity contribution in [2.45, 2.75) is 13.0 Å². The van der Waals surface area contributed by atoms with E-state index in [0.29, 0.717) is 9.17 Å². The summed E-state index contributed by atoms with van der Waals surface area (Å²) in [6.45, 7) is 1.57. The Bertz CT molecular complexity index is 675. The molecule has 0 saturated carbocycles. The number of carbonyl (C=O) groups is 1. The van der Waals surface area contributed by atoms with Gasteiger partial charge in [0.1, 0.15) is 10.4 Å². The van der Waals surface area contributed by atoms with Gasteiger partial charge >= 0.3 is 5.97 Å². The molecule has 18 heavy (non-hydrogen) atoms. The Labute approximate surface area is 111 Å². The number of hydrogen-bond donors (Lipinski definition) is 2. The molecule has 2 rings (SSSR count). The van der Waals surface area contributed by atoms with Crippen LogP contribution in [0.5, 0.6) is 0 Å². The zero-order valence-electron chi connectivity index (χ0n) is 9.38. The lowest BCUT2D eigenvalue weighted by molar-refractivity contribution is 0.0694. The summed E-state index contributed by atoms with van der Waals surface area (Å²) in [6.07, 6.45) is 1.25. The van der Waals surface area contributed by atoms with E-state index in [-0.39, 0.29) is 23.6 Å². The SMILES string of the molecule is C[C@@H](CO)n1cc(C(=O)O)c(=O)c2cc(Cl)sc21. The van der Waals surface area contributed by atoms with E-state index in [1.807, 2.05) is 0 Å². The number of aromatic nitrogens is 1. The molecule has 96 valence electrons. The number of halogens is 1. The molecule has 0 aliphatic carbocycles. The Morgan fingerprint density at radius 3 is 2.83 bits per heavy atom. The van der Waals surface area contributed by atoms with Crippen molar-refractivity contribution in [1.82, 2.24) is 4.57 Å². The molecule has 2 aromatic rings. The highest BCUT2D eigenvalue weighted by Crippen LogP contribution is 2.29. The number of fused-ring (bicyclic) bond motifs is 1. The molecule has 0 aliphatic heterocycles. The van der Waals surface area contributed by atoms with Gasteiger partial charge in [0.05, 0.1) is 22.4 Å². The van der Waals surface area contributed by atoms with E-state index in [9.17, 15) is 14.7 Å². The second-order valence-corrected chi connectivity index (χ2v) is 5.55. The van der Waals surface area contributed by atoms with Gasteiger partial charge in [0.25, 0.3) is 0 Å². The minimum absolute atomic E-state index is 0.160. The van der Waals surface area contributed by atoms with Crippen LogP contribution in [0.3, 0.4) is 0 Å². The van der Waals surface area contributed by atoms with E-state index in [4.69, 9.17) is 16.7 Å². The van der Waals surface area contributed by atoms with Crippen LogP contribution in [0.1, 0.15) is 23.3 Å². The van der Waals surface area contributed by atoms with Gasteiger partial charge in [0.15, 0.2) is 0 Å². The second-order valence-electron chi connectivity index (χ2n) is 3.89. The minimum atomic E-state index is -1.29. The molecule has 5 nitrogen and oxygen atoms in total. The summed E-state index contributed by atoms with van der Waals surface area (Å²) in [4.78, 5) is 23.5. The van der Waals surface area contributed by atoms with Crippen LogP contribution in [0.4, 0.5) is 0 Å². The minimum Gasteiger partial charge on any atom is -0.477 e. The van der Waals surface area contributed by atoms with Crippen LogP contribution in [0, 0.1) is 0 Å². The Morgan fingerprint density at radius 1 is 1.61 bits per heavy atom. The van der Waals surface area contributed by atoms with Crippen molar-refractivity contribution in [3.8, 4) is 0 Å². The first-order chi connectivity index (χ1) is 8.45. The number of rotatable bonds is 3. The molecule has 2 aromatic heterocycles. The number of aromatic carboxylic acids is 1. The van der Waals surface area contributed by atoms with Crippen LogP contribution in [-0.4, -0.2) is 27.4 Å².